The Balaban J connectivity index is 1.77. The summed E-state index contributed by atoms with van der Waals surface area (Å²) in [5.41, 5.74) is 3.46. The van der Waals surface area contributed by atoms with Crippen LogP contribution in [0, 0.1) is 10.1 Å². The molecule has 0 fully saturated rings. The molecule has 0 unspecified atom stereocenters. The van der Waals surface area contributed by atoms with Crippen molar-refractivity contribution in [2.24, 2.45) is 5.10 Å². The molecule has 26 heavy (non-hydrogen) atoms. The molecule has 1 heterocycles. The van der Waals surface area contributed by atoms with Crippen LogP contribution in [0.1, 0.15) is 15.9 Å². The summed E-state index contributed by atoms with van der Waals surface area (Å²) in [6.45, 7) is 0. The van der Waals surface area contributed by atoms with Crippen molar-refractivity contribution in [1.29, 1.82) is 0 Å². The molecule has 0 bridgehead atoms. The molecular formula is C18H14N4O4. The largest absolute Gasteiger partial charge is 0.502 e. The van der Waals surface area contributed by atoms with E-state index in [1.54, 1.807) is 12.1 Å². The molecule has 0 saturated carbocycles. The van der Waals surface area contributed by atoms with Crippen LogP contribution in [0.25, 0.3) is 5.69 Å². The van der Waals surface area contributed by atoms with Gasteiger partial charge in [0.2, 0.25) is 0 Å². The maximum Gasteiger partial charge on any atom is 0.311 e. The van der Waals surface area contributed by atoms with Gasteiger partial charge >= 0.3 is 5.69 Å². The van der Waals surface area contributed by atoms with Crippen molar-refractivity contribution in [2.75, 3.05) is 0 Å². The first-order valence-corrected chi connectivity index (χ1v) is 7.59. The van der Waals surface area contributed by atoms with Crippen molar-refractivity contribution in [3.8, 4) is 11.4 Å². The average Bonchev–Trinajstić information content (AvgIpc) is 3.17. The van der Waals surface area contributed by atoms with Gasteiger partial charge in [0.05, 0.1) is 22.4 Å². The van der Waals surface area contributed by atoms with E-state index in [9.17, 15) is 20.0 Å². The lowest BCUT2D eigenvalue weighted by atomic mass is 10.1. The van der Waals surface area contributed by atoms with Gasteiger partial charge in [-0.05, 0) is 36.4 Å². The van der Waals surface area contributed by atoms with Gasteiger partial charge in [0.25, 0.3) is 5.91 Å². The number of nitrogens with one attached hydrogen (secondary N) is 1. The van der Waals surface area contributed by atoms with E-state index in [2.05, 4.69) is 10.5 Å². The first kappa shape index (κ1) is 16.9. The minimum atomic E-state index is -0.696. The van der Waals surface area contributed by atoms with Crippen LogP contribution in [0.3, 0.4) is 0 Å². The Bertz CT molecular complexity index is 981. The van der Waals surface area contributed by atoms with Crippen LogP contribution in [0.5, 0.6) is 5.75 Å². The fraction of sp³-hybridized carbons (Fsp3) is 0. The molecule has 3 rings (SSSR count). The number of phenolic OH excluding ortho intramolecular Hbond substituents is 1. The summed E-state index contributed by atoms with van der Waals surface area (Å²) in [6.07, 6.45) is 4.92. The zero-order valence-corrected chi connectivity index (χ0v) is 13.4. The molecule has 3 aromatic rings. The van der Waals surface area contributed by atoms with Crippen LogP contribution in [0.15, 0.2) is 72.1 Å². The summed E-state index contributed by atoms with van der Waals surface area (Å²) in [6, 6.07) is 14.6. The number of nitrogens with zero attached hydrogens (tertiary/aromatic N) is 3. The van der Waals surface area contributed by atoms with Crippen LogP contribution in [-0.2, 0) is 0 Å². The molecule has 8 nitrogen and oxygen atoms in total. The zero-order chi connectivity index (χ0) is 18.5. The molecule has 0 aliphatic rings. The number of hydrogen-bond donors (Lipinski definition) is 2. The predicted octanol–water partition coefficient (Wildman–Crippen LogP) is 2.86. The summed E-state index contributed by atoms with van der Waals surface area (Å²) < 4.78 is 1.81. The van der Waals surface area contributed by atoms with Crippen LogP contribution >= 0.6 is 0 Å². The number of aromatic hydroxyl groups is 1. The molecule has 0 atom stereocenters. The van der Waals surface area contributed by atoms with E-state index < -0.39 is 22.3 Å². The molecule has 0 saturated heterocycles. The molecule has 0 aliphatic carbocycles. The minimum Gasteiger partial charge on any atom is -0.502 e. The van der Waals surface area contributed by atoms with E-state index in [-0.39, 0.29) is 0 Å². The summed E-state index contributed by atoms with van der Waals surface area (Å²) in [5, 5.41) is 24.1. The second-order valence-electron chi connectivity index (χ2n) is 5.31. The lowest BCUT2D eigenvalue weighted by Crippen LogP contribution is -2.19. The van der Waals surface area contributed by atoms with Crippen molar-refractivity contribution >= 4 is 17.8 Å². The van der Waals surface area contributed by atoms with Crippen LogP contribution < -0.4 is 5.43 Å². The average molecular weight is 350 g/mol. The van der Waals surface area contributed by atoms with Gasteiger partial charge in [0.1, 0.15) is 0 Å². The number of hydrazone groups is 1. The summed E-state index contributed by atoms with van der Waals surface area (Å²) in [5.74, 6) is -0.851. The third-order valence-electron chi connectivity index (χ3n) is 3.61. The van der Waals surface area contributed by atoms with Gasteiger partial charge in [-0.3, -0.25) is 14.9 Å². The number of hydrogen-bond acceptors (Lipinski definition) is 5. The molecule has 0 aliphatic heterocycles. The molecule has 1 aromatic heterocycles. The van der Waals surface area contributed by atoms with E-state index in [1.807, 2.05) is 41.2 Å². The number of rotatable bonds is 5. The molecule has 2 aromatic carbocycles. The number of para-hydroxylation sites is 1. The fourth-order valence-electron chi connectivity index (χ4n) is 2.38. The Labute approximate surface area is 148 Å². The topological polar surface area (TPSA) is 110 Å². The third kappa shape index (κ3) is 3.59. The SMILES string of the molecule is O=C(N/N=C\c1ccc(O)c([N+](=O)[O-])c1)c1ccccc1-n1cccc1. The van der Waals surface area contributed by atoms with Gasteiger partial charge in [-0.2, -0.15) is 5.10 Å². The number of benzene rings is 2. The standard InChI is InChI=1S/C18H14N4O4/c23-17-8-7-13(11-16(17)22(25)26)12-19-20-18(24)14-5-1-2-6-15(14)21-9-3-4-10-21/h1-12,23H,(H,20,24)/b19-12-. The zero-order valence-electron chi connectivity index (χ0n) is 13.4. The van der Waals surface area contributed by atoms with E-state index in [1.165, 1.54) is 24.4 Å². The molecule has 0 radical (unpaired) electrons. The molecule has 2 N–H and O–H groups in total. The number of nitro benzene ring substituents is 1. The summed E-state index contributed by atoms with van der Waals surface area (Å²) in [7, 11) is 0. The van der Waals surface area contributed by atoms with Crippen molar-refractivity contribution in [3.05, 3.63) is 88.2 Å². The van der Waals surface area contributed by atoms with Crippen LogP contribution in [0.2, 0.25) is 0 Å². The molecule has 0 spiro atoms. The highest BCUT2D eigenvalue weighted by molar-refractivity contribution is 5.98. The Kier molecular flexibility index (Phi) is 4.75. The van der Waals surface area contributed by atoms with Gasteiger partial charge in [0, 0.05) is 24.0 Å². The third-order valence-corrected chi connectivity index (χ3v) is 3.61. The number of amides is 1. The summed E-state index contributed by atoms with van der Waals surface area (Å²) >= 11 is 0. The highest BCUT2D eigenvalue weighted by Gasteiger charge is 2.13. The number of nitro groups is 1. The molecule has 8 heteroatoms. The maximum absolute atomic E-state index is 12.4. The van der Waals surface area contributed by atoms with Gasteiger partial charge in [-0.15, -0.1) is 0 Å². The Morgan fingerprint density at radius 1 is 1.15 bits per heavy atom. The van der Waals surface area contributed by atoms with Crippen LogP contribution in [-0.4, -0.2) is 26.7 Å². The first-order valence-electron chi connectivity index (χ1n) is 7.59. The smallest absolute Gasteiger partial charge is 0.311 e. The van der Waals surface area contributed by atoms with Crippen molar-refractivity contribution in [2.45, 2.75) is 0 Å². The van der Waals surface area contributed by atoms with Gasteiger partial charge < -0.3 is 9.67 Å². The van der Waals surface area contributed by atoms with Crippen molar-refractivity contribution in [1.82, 2.24) is 9.99 Å². The minimum absolute atomic E-state index is 0.369. The summed E-state index contributed by atoms with van der Waals surface area (Å²) in [4.78, 5) is 22.5. The number of carbonyl (C=O) groups is 1. The van der Waals surface area contributed by atoms with Gasteiger partial charge in [0.15, 0.2) is 5.75 Å². The van der Waals surface area contributed by atoms with Crippen LogP contribution in [0.4, 0.5) is 5.69 Å². The number of aromatic nitrogens is 1. The lowest BCUT2D eigenvalue weighted by molar-refractivity contribution is -0.385. The second-order valence-corrected chi connectivity index (χ2v) is 5.31. The molecule has 1 amide bonds. The Morgan fingerprint density at radius 3 is 2.62 bits per heavy atom. The van der Waals surface area contributed by atoms with E-state index >= 15 is 0 Å². The normalized spacial score (nSPS) is 10.8. The highest BCUT2D eigenvalue weighted by atomic mass is 16.6. The van der Waals surface area contributed by atoms with Gasteiger partial charge in [-0.1, -0.05) is 12.1 Å². The van der Waals surface area contributed by atoms with E-state index in [0.29, 0.717) is 16.8 Å². The van der Waals surface area contributed by atoms with E-state index in [0.717, 1.165) is 0 Å². The number of phenols is 1. The molecular weight excluding hydrogens is 336 g/mol. The van der Waals surface area contributed by atoms with E-state index in [4.69, 9.17) is 0 Å². The number of carbonyl (C=O) groups excluding carboxylic acids is 1. The quantitative estimate of drug-likeness (QED) is 0.419. The van der Waals surface area contributed by atoms with Crippen molar-refractivity contribution < 1.29 is 14.8 Å². The monoisotopic (exact) mass is 350 g/mol. The second kappa shape index (κ2) is 7.31. The van der Waals surface area contributed by atoms with Crippen molar-refractivity contribution in [3.63, 3.8) is 0 Å². The highest BCUT2D eigenvalue weighted by Crippen LogP contribution is 2.25. The predicted molar refractivity (Wildman–Crippen MR) is 95.6 cm³/mol. The Morgan fingerprint density at radius 2 is 1.88 bits per heavy atom. The molecule has 130 valence electrons. The van der Waals surface area contributed by atoms with Gasteiger partial charge in [-0.25, -0.2) is 5.43 Å². The Hall–Kier alpha value is -3.94. The fourth-order valence-corrected chi connectivity index (χ4v) is 2.38. The first-order chi connectivity index (χ1) is 12.6. The maximum atomic E-state index is 12.4. The lowest BCUT2D eigenvalue weighted by Gasteiger charge is -2.08.